The molecule has 5 nitrogen and oxygen atoms in total. The van der Waals surface area contributed by atoms with Crippen LogP contribution in [0.25, 0.3) is 9.69 Å². The third-order valence-electron chi connectivity index (χ3n) is 7.88. The molecule has 2 heterocycles. The zero-order chi connectivity index (χ0) is 19.0. The van der Waals surface area contributed by atoms with E-state index >= 15 is 0 Å². The molecular weight excluding hydrogens is 340 g/mol. The van der Waals surface area contributed by atoms with Crippen LogP contribution in [0, 0.1) is 42.7 Å². The first-order valence-electron chi connectivity index (χ1n) is 10.0. The van der Waals surface area contributed by atoms with Crippen LogP contribution in [-0.4, -0.2) is 29.4 Å². The van der Waals surface area contributed by atoms with E-state index in [1.54, 1.807) is 6.92 Å². The number of hydrogen-bond acceptors (Lipinski definition) is 3. The van der Waals surface area contributed by atoms with E-state index in [1.165, 1.54) is 0 Å². The first-order valence-corrected chi connectivity index (χ1v) is 10.0. The number of fused-ring (bicyclic) bond motifs is 6. The zero-order valence-electron chi connectivity index (χ0n) is 15.8. The van der Waals surface area contributed by atoms with Crippen LogP contribution in [0.15, 0.2) is 23.8 Å². The lowest BCUT2D eigenvalue weighted by molar-refractivity contribution is -0.169. The summed E-state index contributed by atoms with van der Waals surface area (Å²) in [4.78, 5) is 20.6. The van der Waals surface area contributed by atoms with Crippen molar-refractivity contribution in [1.82, 2.24) is 0 Å². The Labute approximate surface area is 160 Å². The fourth-order valence-corrected chi connectivity index (χ4v) is 6.89. The predicted molar refractivity (Wildman–Crippen MR) is 97.9 cm³/mol. The number of nitrogens with zero attached hydrogens (tertiary/aromatic N) is 2. The second-order valence-electron chi connectivity index (χ2n) is 8.92. The largest absolute Gasteiger partial charge is 0.509 e. The van der Waals surface area contributed by atoms with Gasteiger partial charge in [-0.15, -0.1) is 0 Å². The van der Waals surface area contributed by atoms with Crippen molar-refractivity contribution >= 4 is 5.97 Å². The summed E-state index contributed by atoms with van der Waals surface area (Å²) in [5.41, 5.74) is -1.95. The normalized spacial score (nSPS) is 47.4. The van der Waals surface area contributed by atoms with Crippen LogP contribution < -0.4 is 0 Å². The number of allylic oxidation sites excluding steroid dienone is 1. The number of rotatable bonds is 2. The van der Waals surface area contributed by atoms with E-state index < -0.39 is 16.9 Å². The van der Waals surface area contributed by atoms with Gasteiger partial charge in [-0.25, -0.2) is 27.6 Å². The van der Waals surface area contributed by atoms with Crippen molar-refractivity contribution in [3.63, 3.8) is 0 Å². The summed E-state index contributed by atoms with van der Waals surface area (Å²) in [6.45, 7) is 20.0. The molecule has 1 spiro atoms. The summed E-state index contributed by atoms with van der Waals surface area (Å²) in [6, 6.07) is 0. The van der Waals surface area contributed by atoms with Crippen LogP contribution in [0.4, 0.5) is 0 Å². The molecule has 3 aliphatic carbocycles. The molecule has 0 radical (unpaired) electrons. The summed E-state index contributed by atoms with van der Waals surface area (Å²) >= 11 is 0. The SMILES string of the molecule is [C-]#[N+]C1([N+]#[C-])C[C@@]23C=C[C@@](C(=O)OCC)(O2)C(C)[C@H]3[C@H]2C1=C[C@@H]1CC[C@H]2C1. The third-order valence-corrected chi connectivity index (χ3v) is 7.88. The fourth-order valence-electron chi connectivity index (χ4n) is 6.89. The molecule has 140 valence electrons. The average Bonchev–Trinajstić information content (AvgIpc) is 3.31. The number of carbonyl (C=O) groups excluding carboxylic acids is 1. The molecule has 1 unspecified atom stereocenters. The Hall–Kier alpha value is -2.11. The summed E-state index contributed by atoms with van der Waals surface area (Å²) in [5, 5.41) is 0. The lowest BCUT2D eigenvalue weighted by atomic mass is 9.52. The fraction of sp³-hybridized carbons (Fsp3) is 0.682. The Morgan fingerprint density at radius 1 is 1.33 bits per heavy atom. The van der Waals surface area contributed by atoms with E-state index in [1.807, 2.05) is 12.2 Å². The van der Waals surface area contributed by atoms with Crippen molar-refractivity contribution in [2.75, 3.05) is 6.61 Å². The second-order valence-corrected chi connectivity index (χ2v) is 8.92. The Balaban J connectivity index is 1.67. The summed E-state index contributed by atoms with van der Waals surface area (Å²) in [6.07, 6.45) is 9.81. The van der Waals surface area contributed by atoms with E-state index in [-0.39, 0.29) is 23.7 Å². The molecule has 1 saturated heterocycles. The maximum atomic E-state index is 12.9. The number of esters is 1. The number of carbonyl (C=O) groups is 1. The van der Waals surface area contributed by atoms with Gasteiger partial charge >= 0.3 is 11.6 Å². The maximum absolute atomic E-state index is 12.9. The topological polar surface area (TPSA) is 44.2 Å². The summed E-state index contributed by atoms with van der Waals surface area (Å²) in [5.74, 6) is 0.903. The van der Waals surface area contributed by atoms with Crippen molar-refractivity contribution in [3.05, 3.63) is 46.6 Å². The van der Waals surface area contributed by atoms with Gasteiger partial charge in [0.25, 0.3) is 0 Å². The van der Waals surface area contributed by atoms with Crippen molar-refractivity contribution in [2.45, 2.75) is 56.4 Å². The van der Waals surface area contributed by atoms with Crippen LogP contribution in [0.5, 0.6) is 0 Å². The molecule has 3 fully saturated rings. The number of hydrogen-bond donors (Lipinski definition) is 0. The van der Waals surface area contributed by atoms with Crippen molar-refractivity contribution in [1.29, 1.82) is 0 Å². The minimum Gasteiger partial charge on any atom is -0.464 e. The summed E-state index contributed by atoms with van der Waals surface area (Å²) < 4.78 is 11.9. The van der Waals surface area contributed by atoms with Gasteiger partial charge in [0.05, 0.1) is 6.61 Å². The van der Waals surface area contributed by atoms with Crippen LogP contribution in [-0.2, 0) is 14.3 Å². The molecule has 0 aromatic rings. The van der Waals surface area contributed by atoms with Gasteiger partial charge in [-0.3, -0.25) is 0 Å². The molecule has 7 atom stereocenters. The molecule has 27 heavy (non-hydrogen) atoms. The van der Waals surface area contributed by atoms with Gasteiger partial charge in [0.2, 0.25) is 0 Å². The Bertz CT molecular complexity index is 848. The second kappa shape index (κ2) is 5.24. The molecule has 2 aliphatic heterocycles. The maximum Gasteiger partial charge on any atom is 0.509 e. The lowest BCUT2D eigenvalue weighted by Crippen LogP contribution is -2.55. The van der Waals surface area contributed by atoms with Crippen molar-refractivity contribution < 1.29 is 14.3 Å². The molecule has 0 aromatic carbocycles. The van der Waals surface area contributed by atoms with Gasteiger partial charge in [0.15, 0.2) is 5.60 Å². The molecule has 0 N–H and O–H groups in total. The van der Waals surface area contributed by atoms with E-state index in [2.05, 4.69) is 22.7 Å². The molecule has 0 amide bonds. The summed E-state index contributed by atoms with van der Waals surface area (Å²) in [7, 11) is 0. The molecule has 5 rings (SSSR count). The van der Waals surface area contributed by atoms with Crippen LogP contribution in [0.1, 0.15) is 39.5 Å². The molecule has 4 bridgehead atoms. The van der Waals surface area contributed by atoms with Gasteiger partial charge in [-0.1, -0.05) is 19.1 Å². The highest BCUT2D eigenvalue weighted by atomic mass is 16.6. The molecule has 5 heteroatoms. The Morgan fingerprint density at radius 2 is 2.11 bits per heavy atom. The van der Waals surface area contributed by atoms with Gasteiger partial charge in [0, 0.05) is 17.8 Å². The Morgan fingerprint density at radius 3 is 2.81 bits per heavy atom. The van der Waals surface area contributed by atoms with Crippen molar-refractivity contribution in [2.24, 2.45) is 29.6 Å². The predicted octanol–water partition coefficient (Wildman–Crippen LogP) is 3.79. The van der Waals surface area contributed by atoms with Crippen LogP contribution >= 0.6 is 0 Å². The average molecular weight is 364 g/mol. The molecular formula is C22H24N2O3. The minimum atomic E-state index is -1.19. The van der Waals surface area contributed by atoms with E-state index in [4.69, 9.17) is 22.6 Å². The Kier molecular flexibility index (Phi) is 3.30. The van der Waals surface area contributed by atoms with Gasteiger partial charge < -0.3 is 9.47 Å². The third kappa shape index (κ3) is 1.84. The molecule has 0 aromatic heterocycles. The highest BCUT2D eigenvalue weighted by Gasteiger charge is 2.78. The van der Waals surface area contributed by atoms with Crippen LogP contribution in [0.3, 0.4) is 0 Å². The molecule has 2 saturated carbocycles. The highest BCUT2D eigenvalue weighted by Crippen LogP contribution is 2.68. The quantitative estimate of drug-likeness (QED) is 0.425. The monoisotopic (exact) mass is 364 g/mol. The molecule has 5 aliphatic rings. The van der Waals surface area contributed by atoms with E-state index in [0.717, 1.165) is 24.8 Å². The van der Waals surface area contributed by atoms with Gasteiger partial charge in [0.1, 0.15) is 17.6 Å². The number of ether oxygens (including phenoxy) is 2. The standard InChI is InChI=1S/C22H24N2O3/c1-5-26-19(25)21-9-8-20(27-21)12-22(23-3,24-4)16-11-14-6-7-15(10-14)17(16)18(20)13(21)2/h8-9,11,13-15,17-18H,5-7,10,12H2,1-2H3/t13?,14-,15+,17-,18+,20-,21-/m1/s1. The van der Waals surface area contributed by atoms with E-state index in [0.29, 0.717) is 24.9 Å². The first kappa shape index (κ1) is 17.0. The van der Waals surface area contributed by atoms with Gasteiger partial charge in [-0.2, -0.15) is 0 Å². The highest BCUT2D eigenvalue weighted by molar-refractivity contribution is 5.84. The van der Waals surface area contributed by atoms with Crippen molar-refractivity contribution in [3.8, 4) is 0 Å². The lowest BCUT2D eigenvalue weighted by Gasteiger charge is -2.47. The van der Waals surface area contributed by atoms with E-state index in [9.17, 15) is 4.79 Å². The first-order chi connectivity index (χ1) is 13.0. The van der Waals surface area contributed by atoms with Gasteiger partial charge in [-0.05, 0) is 44.1 Å². The zero-order valence-corrected chi connectivity index (χ0v) is 15.8. The smallest absolute Gasteiger partial charge is 0.464 e. The van der Waals surface area contributed by atoms with Crippen LogP contribution in [0.2, 0.25) is 0 Å². The minimum absolute atomic E-state index is 0.0263.